The number of benzene rings is 1. The maximum atomic E-state index is 13.0. The number of nitrogens with one attached hydrogen (secondary N) is 1. The van der Waals surface area contributed by atoms with E-state index in [0.717, 1.165) is 35.5 Å². The summed E-state index contributed by atoms with van der Waals surface area (Å²) in [4.78, 5) is 19.6. The number of unbranched alkanes of at least 4 members (excludes halogenated alkanes) is 1. The van der Waals surface area contributed by atoms with Crippen LogP contribution in [0.25, 0.3) is 0 Å². The standard InChI is InChI=1S/C21H29N5O2S/c1-6-8-13-28-19(27)17-14(3)22-20-23-21(29-7-2)24-26(20)18(17)15-9-11-16(12-10-15)25(4)5/h9-12,18H,6-8,13H2,1-5H3,(H,22,23,24). The summed E-state index contributed by atoms with van der Waals surface area (Å²) in [7, 11) is 4.01. The number of aromatic nitrogens is 3. The molecule has 156 valence electrons. The van der Waals surface area contributed by atoms with Crippen LogP contribution in [0.2, 0.25) is 0 Å². The molecule has 2 heterocycles. The number of carbonyl (C=O) groups is 1. The van der Waals surface area contributed by atoms with Gasteiger partial charge in [0.05, 0.1) is 12.2 Å². The van der Waals surface area contributed by atoms with E-state index in [4.69, 9.17) is 4.74 Å². The maximum Gasteiger partial charge on any atom is 0.338 e. The largest absolute Gasteiger partial charge is 0.462 e. The number of ether oxygens (including phenoxy) is 1. The molecule has 1 aromatic carbocycles. The second kappa shape index (κ2) is 9.35. The van der Waals surface area contributed by atoms with Crippen molar-refractivity contribution in [2.75, 3.05) is 36.7 Å². The Bertz CT molecular complexity index is 889. The van der Waals surface area contributed by atoms with Gasteiger partial charge in [0.2, 0.25) is 11.1 Å². The Hall–Kier alpha value is -2.48. The van der Waals surface area contributed by atoms with Crippen LogP contribution >= 0.6 is 11.8 Å². The van der Waals surface area contributed by atoms with Crippen LogP contribution in [0.1, 0.15) is 45.2 Å². The van der Waals surface area contributed by atoms with E-state index >= 15 is 0 Å². The predicted molar refractivity (Wildman–Crippen MR) is 118 cm³/mol. The number of rotatable bonds is 8. The number of esters is 1. The molecule has 0 saturated heterocycles. The Labute approximate surface area is 176 Å². The Kier molecular flexibility index (Phi) is 6.84. The normalized spacial score (nSPS) is 15.7. The molecule has 0 spiro atoms. The molecule has 0 aliphatic carbocycles. The third kappa shape index (κ3) is 4.58. The van der Waals surface area contributed by atoms with Crippen LogP contribution in [-0.2, 0) is 9.53 Å². The van der Waals surface area contributed by atoms with Gasteiger partial charge in [-0.05, 0) is 36.8 Å². The summed E-state index contributed by atoms with van der Waals surface area (Å²) in [5, 5.41) is 8.60. The summed E-state index contributed by atoms with van der Waals surface area (Å²) in [5.74, 6) is 1.21. The van der Waals surface area contributed by atoms with Crippen LogP contribution in [0.5, 0.6) is 0 Å². The number of carbonyl (C=O) groups excluding carboxylic acids is 1. The van der Waals surface area contributed by atoms with Crippen molar-refractivity contribution in [3.8, 4) is 0 Å². The lowest BCUT2D eigenvalue weighted by atomic mass is 9.95. The average Bonchev–Trinajstić information content (AvgIpc) is 3.09. The van der Waals surface area contributed by atoms with E-state index in [2.05, 4.69) is 29.2 Å². The summed E-state index contributed by atoms with van der Waals surface area (Å²) in [6.07, 6.45) is 1.82. The Morgan fingerprint density at radius 1 is 1.28 bits per heavy atom. The van der Waals surface area contributed by atoms with Gasteiger partial charge in [0, 0.05) is 25.5 Å². The highest BCUT2D eigenvalue weighted by Gasteiger charge is 2.35. The summed E-state index contributed by atoms with van der Waals surface area (Å²) >= 11 is 1.58. The molecule has 2 aromatic rings. The maximum absolute atomic E-state index is 13.0. The zero-order valence-corrected chi connectivity index (χ0v) is 18.5. The minimum absolute atomic E-state index is 0.309. The fourth-order valence-corrected chi connectivity index (χ4v) is 3.79. The SMILES string of the molecule is CCCCOC(=O)C1=C(C)Nc2nc(SCC)nn2C1c1ccc(N(C)C)cc1. The van der Waals surface area contributed by atoms with Crippen molar-refractivity contribution in [2.45, 2.75) is 44.8 Å². The van der Waals surface area contributed by atoms with E-state index in [9.17, 15) is 4.79 Å². The first-order valence-corrected chi connectivity index (χ1v) is 11.0. The molecule has 1 aliphatic heterocycles. The summed E-state index contributed by atoms with van der Waals surface area (Å²) < 4.78 is 7.36. The molecule has 0 radical (unpaired) electrons. The predicted octanol–water partition coefficient (Wildman–Crippen LogP) is 4.09. The fraction of sp³-hybridized carbons (Fsp3) is 0.476. The molecule has 0 bridgehead atoms. The number of hydrogen-bond donors (Lipinski definition) is 1. The van der Waals surface area contributed by atoms with Crippen molar-refractivity contribution >= 4 is 29.4 Å². The van der Waals surface area contributed by atoms with E-state index < -0.39 is 0 Å². The van der Waals surface area contributed by atoms with Crippen LogP contribution in [-0.4, -0.2) is 47.2 Å². The molecule has 1 N–H and O–H groups in total. The molecule has 7 nitrogen and oxygen atoms in total. The van der Waals surface area contributed by atoms with Crippen LogP contribution in [0.4, 0.5) is 11.6 Å². The van der Waals surface area contributed by atoms with Gasteiger partial charge < -0.3 is 15.0 Å². The van der Waals surface area contributed by atoms with Gasteiger partial charge in [-0.25, -0.2) is 9.48 Å². The lowest BCUT2D eigenvalue weighted by Gasteiger charge is -2.28. The molecular weight excluding hydrogens is 386 g/mol. The first kappa shape index (κ1) is 21.2. The van der Waals surface area contributed by atoms with Crippen LogP contribution < -0.4 is 10.2 Å². The molecule has 3 rings (SSSR count). The molecule has 1 unspecified atom stereocenters. The van der Waals surface area contributed by atoms with Gasteiger partial charge in [0.1, 0.15) is 6.04 Å². The molecular formula is C21H29N5O2S. The monoisotopic (exact) mass is 415 g/mol. The molecule has 1 aromatic heterocycles. The molecule has 1 atom stereocenters. The highest BCUT2D eigenvalue weighted by molar-refractivity contribution is 7.99. The number of thioether (sulfide) groups is 1. The molecule has 1 aliphatic rings. The highest BCUT2D eigenvalue weighted by Crippen LogP contribution is 2.37. The minimum Gasteiger partial charge on any atom is -0.462 e. The second-order valence-corrected chi connectivity index (χ2v) is 8.37. The van der Waals surface area contributed by atoms with Gasteiger partial charge in [-0.1, -0.05) is 44.2 Å². The Morgan fingerprint density at radius 3 is 2.62 bits per heavy atom. The van der Waals surface area contributed by atoms with Crippen molar-refractivity contribution in [3.05, 3.63) is 41.1 Å². The number of anilines is 2. The molecule has 0 saturated carbocycles. The van der Waals surface area contributed by atoms with E-state index in [1.807, 2.05) is 50.2 Å². The number of hydrogen-bond acceptors (Lipinski definition) is 7. The van der Waals surface area contributed by atoms with Gasteiger partial charge >= 0.3 is 5.97 Å². The van der Waals surface area contributed by atoms with Crippen molar-refractivity contribution in [1.29, 1.82) is 0 Å². The molecule has 0 amide bonds. The van der Waals surface area contributed by atoms with Crippen LogP contribution in [0.15, 0.2) is 40.7 Å². The van der Waals surface area contributed by atoms with Crippen molar-refractivity contribution < 1.29 is 9.53 Å². The zero-order valence-electron chi connectivity index (χ0n) is 17.7. The van der Waals surface area contributed by atoms with Gasteiger partial charge in [0.25, 0.3) is 0 Å². The number of fused-ring (bicyclic) bond motifs is 1. The third-order valence-electron chi connectivity index (χ3n) is 4.78. The first-order chi connectivity index (χ1) is 14.0. The Balaban J connectivity index is 2.03. The van der Waals surface area contributed by atoms with Gasteiger partial charge in [-0.3, -0.25) is 0 Å². The zero-order chi connectivity index (χ0) is 21.0. The number of nitrogens with zero attached hydrogens (tertiary/aromatic N) is 4. The first-order valence-electron chi connectivity index (χ1n) is 9.97. The summed E-state index contributed by atoms with van der Waals surface area (Å²) in [6, 6.07) is 7.79. The van der Waals surface area contributed by atoms with Crippen molar-refractivity contribution in [1.82, 2.24) is 14.8 Å². The lowest BCUT2D eigenvalue weighted by molar-refractivity contribution is -0.139. The van der Waals surface area contributed by atoms with E-state index in [1.165, 1.54) is 0 Å². The Morgan fingerprint density at radius 2 is 2.00 bits per heavy atom. The van der Waals surface area contributed by atoms with E-state index in [-0.39, 0.29) is 12.0 Å². The fourth-order valence-electron chi connectivity index (χ4n) is 3.24. The summed E-state index contributed by atoms with van der Waals surface area (Å²) in [6.45, 7) is 6.45. The topological polar surface area (TPSA) is 72.3 Å². The van der Waals surface area contributed by atoms with Gasteiger partial charge in [-0.2, -0.15) is 4.98 Å². The van der Waals surface area contributed by atoms with Gasteiger partial charge in [-0.15, -0.1) is 5.10 Å². The quantitative estimate of drug-likeness (QED) is 0.395. The number of allylic oxidation sites excluding steroid dienone is 1. The van der Waals surface area contributed by atoms with Gasteiger partial charge in [0.15, 0.2) is 0 Å². The summed E-state index contributed by atoms with van der Waals surface area (Å²) in [5.41, 5.74) is 3.39. The highest BCUT2D eigenvalue weighted by atomic mass is 32.2. The molecule has 0 fully saturated rings. The molecule has 29 heavy (non-hydrogen) atoms. The average molecular weight is 416 g/mol. The van der Waals surface area contributed by atoms with E-state index in [1.54, 1.807) is 16.4 Å². The lowest BCUT2D eigenvalue weighted by Crippen LogP contribution is -2.29. The smallest absolute Gasteiger partial charge is 0.338 e. The second-order valence-electron chi connectivity index (χ2n) is 7.14. The van der Waals surface area contributed by atoms with E-state index in [0.29, 0.717) is 23.3 Å². The van der Waals surface area contributed by atoms with Crippen LogP contribution in [0.3, 0.4) is 0 Å². The minimum atomic E-state index is -0.379. The molecule has 8 heteroatoms. The van der Waals surface area contributed by atoms with Crippen molar-refractivity contribution in [2.24, 2.45) is 0 Å². The van der Waals surface area contributed by atoms with Crippen molar-refractivity contribution in [3.63, 3.8) is 0 Å². The third-order valence-corrected chi connectivity index (χ3v) is 5.50. The van der Waals surface area contributed by atoms with Crippen LogP contribution in [0, 0.1) is 0 Å².